The van der Waals surface area contributed by atoms with E-state index in [1.165, 1.54) is 38.6 Å². The van der Waals surface area contributed by atoms with Gasteiger partial charge in [0.2, 0.25) is 0 Å². The summed E-state index contributed by atoms with van der Waals surface area (Å²) in [7, 11) is 0. The zero-order valence-corrected chi connectivity index (χ0v) is 10.2. The Balaban J connectivity index is 1.99. The summed E-state index contributed by atoms with van der Waals surface area (Å²) in [5.74, 6) is 0.867. The summed E-state index contributed by atoms with van der Waals surface area (Å²) in [5, 5.41) is 6.06. The lowest BCUT2D eigenvalue weighted by atomic mass is 9.76. The van der Waals surface area contributed by atoms with E-state index in [0.717, 1.165) is 5.92 Å². The maximum atomic E-state index is 3.79. The third-order valence-electron chi connectivity index (χ3n) is 4.32. The van der Waals surface area contributed by atoms with Crippen molar-refractivity contribution < 1.29 is 0 Å². The maximum Gasteiger partial charge on any atom is 0.0445 e. The summed E-state index contributed by atoms with van der Waals surface area (Å²) < 4.78 is 0. The molecule has 2 aliphatic rings. The highest BCUT2D eigenvalue weighted by Crippen LogP contribution is 2.44. The average Bonchev–Trinajstić information content (AvgIpc) is 2.89. The predicted octanol–water partition coefficient (Wildman–Crippen LogP) is 3.30. The van der Waals surface area contributed by atoms with Gasteiger partial charge in [-0.2, -0.15) is 0 Å². The lowest BCUT2D eigenvalue weighted by molar-refractivity contribution is 0.225. The second-order valence-corrected chi connectivity index (χ2v) is 6.12. The highest BCUT2D eigenvalue weighted by Gasteiger charge is 2.40. The van der Waals surface area contributed by atoms with Crippen LogP contribution in [0.2, 0.25) is 0 Å². The summed E-state index contributed by atoms with van der Waals surface area (Å²) in [6, 6.07) is 2.35. The molecule has 0 amide bonds. The van der Waals surface area contributed by atoms with Crippen molar-refractivity contribution in [2.24, 2.45) is 5.92 Å². The lowest BCUT2D eigenvalue weighted by Gasteiger charge is -2.40. The number of hydrogen-bond donors (Lipinski definition) is 1. The van der Waals surface area contributed by atoms with Crippen LogP contribution in [-0.2, 0) is 12.0 Å². The zero-order chi connectivity index (χ0) is 10.3. The first-order valence-corrected chi connectivity index (χ1v) is 7.00. The third kappa shape index (κ3) is 1.46. The molecule has 0 bridgehead atoms. The van der Waals surface area contributed by atoms with Crippen molar-refractivity contribution in [2.45, 2.75) is 44.6 Å². The van der Waals surface area contributed by atoms with Crippen molar-refractivity contribution in [3.05, 3.63) is 21.9 Å². The quantitative estimate of drug-likeness (QED) is 0.767. The van der Waals surface area contributed by atoms with Gasteiger partial charge in [-0.05, 0) is 49.1 Å². The Hall–Kier alpha value is -0.340. The molecular formula is C13H19NS. The molecule has 1 unspecified atom stereocenters. The Morgan fingerprint density at radius 1 is 1.40 bits per heavy atom. The molecule has 1 fully saturated rings. The molecule has 1 aromatic rings. The van der Waals surface area contributed by atoms with E-state index in [0.29, 0.717) is 0 Å². The Kier molecular flexibility index (Phi) is 2.37. The Morgan fingerprint density at radius 2 is 2.20 bits per heavy atom. The molecule has 1 aliphatic carbocycles. The van der Waals surface area contributed by atoms with E-state index in [1.54, 1.807) is 10.4 Å². The fourth-order valence-electron chi connectivity index (χ4n) is 3.40. The number of fused-ring (bicyclic) bond motifs is 1. The fourth-order valence-corrected chi connectivity index (χ4v) is 4.39. The fraction of sp³-hybridized carbons (Fsp3) is 0.692. The van der Waals surface area contributed by atoms with Gasteiger partial charge in [-0.1, -0.05) is 12.8 Å². The average molecular weight is 221 g/mol. The first kappa shape index (κ1) is 9.86. The number of nitrogens with one attached hydrogen (secondary N) is 1. The molecular weight excluding hydrogens is 202 g/mol. The van der Waals surface area contributed by atoms with Crippen LogP contribution in [0.25, 0.3) is 0 Å². The molecule has 1 nitrogen and oxygen atoms in total. The molecule has 0 aromatic carbocycles. The third-order valence-corrected chi connectivity index (χ3v) is 5.30. The molecule has 1 N–H and O–H groups in total. The highest BCUT2D eigenvalue weighted by molar-refractivity contribution is 7.10. The van der Waals surface area contributed by atoms with E-state index in [1.807, 2.05) is 11.3 Å². The van der Waals surface area contributed by atoms with Crippen LogP contribution >= 0.6 is 11.3 Å². The minimum atomic E-state index is 0.282. The van der Waals surface area contributed by atoms with Crippen molar-refractivity contribution >= 4 is 11.3 Å². The monoisotopic (exact) mass is 221 g/mol. The van der Waals surface area contributed by atoms with Gasteiger partial charge >= 0.3 is 0 Å². The summed E-state index contributed by atoms with van der Waals surface area (Å²) in [4.78, 5) is 1.63. The topological polar surface area (TPSA) is 12.0 Å². The normalized spacial score (nSPS) is 31.8. The molecule has 82 valence electrons. The smallest absolute Gasteiger partial charge is 0.0445 e. The zero-order valence-electron chi connectivity index (χ0n) is 9.38. The molecule has 15 heavy (non-hydrogen) atoms. The van der Waals surface area contributed by atoms with Crippen LogP contribution in [0.15, 0.2) is 11.4 Å². The van der Waals surface area contributed by atoms with Gasteiger partial charge in [0, 0.05) is 17.0 Å². The molecule has 1 aliphatic heterocycles. The standard InChI is InChI=1S/C13H19NS/c1-13(10-4-2-3-5-10)11-7-9-15-12(11)6-8-14-13/h7,9-10,14H,2-6,8H2,1H3. The van der Waals surface area contributed by atoms with Gasteiger partial charge in [0.15, 0.2) is 0 Å². The van der Waals surface area contributed by atoms with Gasteiger partial charge in [-0.3, -0.25) is 0 Å². The Bertz CT molecular complexity index is 351. The molecule has 2 heteroatoms. The second kappa shape index (κ2) is 3.60. The van der Waals surface area contributed by atoms with Crippen LogP contribution in [0.3, 0.4) is 0 Å². The van der Waals surface area contributed by atoms with E-state index in [-0.39, 0.29) is 5.54 Å². The summed E-state index contributed by atoms with van der Waals surface area (Å²) in [6.07, 6.45) is 6.93. The van der Waals surface area contributed by atoms with Crippen LogP contribution in [0.4, 0.5) is 0 Å². The number of rotatable bonds is 1. The summed E-state index contributed by atoms with van der Waals surface area (Å²) in [6.45, 7) is 3.59. The molecule has 1 saturated carbocycles. The predicted molar refractivity (Wildman–Crippen MR) is 65.3 cm³/mol. The molecule has 1 atom stereocenters. The van der Waals surface area contributed by atoms with Gasteiger partial charge in [0.25, 0.3) is 0 Å². The van der Waals surface area contributed by atoms with Crippen LogP contribution in [0.5, 0.6) is 0 Å². The molecule has 3 rings (SSSR count). The number of thiophene rings is 1. The van der Waals surface area contributed by atoms with Gasteiger partial charge in [-0.25, -0.2) is 0 Å². The van der Waals surface area contributed by atoms with E-state index in [4.69, 9.17) is 0 Å². The van der Waals surface area contributed by atoms with Gasteiger partial charge in [0.05, 0.1) is 0 Å². The van der Waals surface area contributed by atoms with E-state index >= 15 is 0 Å². The first-order chi connectivity index (χ1) is 7.31. The van der Waals surface area contributed by atoms with Crippen LogP contribution in [0.1, 0.15) is 43.0 Å². The van der Waals surface area contributed by atoms with Gasteiger partial charge < -0.3 is 5.32 Å². The van der Waals surface area contributed by atoms with Crippen molar-refractivity contribution in [3.8, 4) is 0 Å². The minimum absolute atomic E-state index is 0.282. The van der Waals surface area contributed by atoms with Crippen LogP contribution in [0, 0.1) is 5.92 Å². The molecule has 0 saturated heterocycles. The van der Waals surface area contributed by atoms with Crippen molar-refractivity contribution in [1.82, 2.24) is 5.32 Å². The van der Waals surface area contributed by atoms with E-state index in [2.05, 4.69) is 23.7 Å². The minimum Gasteiger partial charge on any atom is -0.307 e. The second-order valence-electron chi connectivity index (χ2n) is 5.12. The maximum absolute atomic E-state index is 3.79. The number of hydrogen-bond acceptors (Lipinski definition) is 2. The van der Waals surface area contributed by atoms with Crippen molar-refractivity contribution in [2.75, 3.05) is 6.54 Å². The van der Waals surface area contributed by atoms with Crippen LogP contribution in [-0.4, -0.2) is 6.54 Å². The Morgan fingerprint density at radius 3 is 3.00 bits per heavy atom. The first-order valence-electron chi connectivity index (χ1n) is 6.12. The van der Waals surface area contributed by atoms with E-state index in [9.17, 15) is 0 Å². The van der Waals surface area contributed by atoms with Crippen molar-refractivity contribution in [3.63, 3.8) is 0 Å². The highest BCUT2D eigenvalue weighted by atomic mass is 32.1. The lowest BCUT2D eigenvalue weighted by Crippen LogP contribution is -2.49. The van der Waals surface area contributed by atoms with Gasteiger partial charge in [0.1, 0.15) is 0 Å². The van der Waals surface area contributed by atoms with Gasteiger partial charge in [-0.15, -0.1) is 11.3 Å². The van der Waals surface area contributed by atoms with Crippen LogP contribution < -0.4 is 5.32 Å². The largest absolute Gasteiger partial charge is 0.307 e. The molecule has 1 aromatic heterocycles. The molecule has 2 heterocycles. The molecule has 0 radical (unpaired) electrons. The summed E-state index contributed by atoms with van der Waals surface area (Å²) in [5.41, 5.74) is 1.88. The summed E-state index contributed by atoms with van der Waals surface area (Å²) >= 11 is 1.95. The SMILES string of the molecule is CC1(C2CCCC2)NCCc2sccc21. The molecule has 0 spiro atoms. The van der Waals surface area contributed by atoms with E-state index < -0.39 is 0 Å². The van der Waals surface area contributed by atoms with Crippen molar-refractivity contribution in [1.29, 1.82) is 0 Å². The Labute approximate surface area is 95.9 Å².